The Labute approximate surface area is 163 Å². The second kappa shape index (κ2) is 8.63. The number of carbonyl (C=O) groups excluding carboxylic acids is 2. The lowest BCUT2D eigenvalue weighted by atomic mass is 10.0. The van der Waals surface area contributed by atoms with Crippen LogP contribution < -0.4 is 5.32 Å². The molecule has 130 valence electrons. The van der Waals surface area contributed by atoms with E-state index >= 15 is 0 Å². The first kappa shape index (κ1) is 19.7. The second-order valence-corrected chi connectivity index (χ2v) is 7.58. The molecule has 25 heavy (non-hydrogen) atoms. The fourth-order valence-electron chi connectivity index (χ4n) is 2.03. The van der Waals surface area contributed by atoms with Gasteiger partial charge in [0.1, 0.15) is 12.0 Å². The molecule has 0 radical (unpaired) electrons. The molecule has 4 nitrogen and oxygen atoms in total. The average Bonchev–Trinajstić information content (AvgIpc) is 2.99. The van der Waals surface area contributed by atoms with Crippen LogP contribution in [0.2, 0.25) is 14.4 Å². The summed E-state index contributed by atoms with van der Waals surface area (Å²) >= 11 is 19.4. The molecule has 0 fully saturated rings. The number of Topliss-reactive ketones (excluding diaryl/α,β-unsaturated/α-hetero) is 1. The number of carbonyl (C=O) groups is 2. The van der Waals surface area contributed by atoms with Gasteiger partial charge in [-0.1, -0.05) is 34.8 Å². The van der Waals surface area contributed by atoms with E-state index in [0.717, 1.165) is 4.88 Å². The van der Waals surface area contributed by atoms with Gasteiger partial charge in [0.05, 0.1) is 32.0 Å². The van der Waals surface area contributed by atoms with Gasteiger partial charge in [0.25, 0.3) is 0 Å². The van der Waals surface area contributed by atoms with Crippen LogP contribution in [-0.4, -0.2) is 17.8 Å². The van der Waals surface area contributed by atoms with Gasteiger partial charge in [0.2, 0.25) is 0 Å². The first-order valence-corrected chi connectivity index (χ1v) is 9.03. The van der Waals surface area contributed by atoms with Gasteiger partial charge in [-0.25, -0.2) is 0 Å². The number of benzene rings is 1. The fourth-order valence-corrected chi connectivity index (χ4v) is 3.58. The topological polar surface area (TPSA) is 70.0 Å². The van der Waals surface area contributed by atoms with Crippen molar-refractivity contribution in [3.63, 3.8) is 0 Å². The van der Waals surface area contributed by atoms with Gasteiger partial charge in [-0.2, -0.15) is 0 Å². The van der Waals surface area contributed by atoms with Crippen molar-refractivity contribution >= 4 is 75.3 Å². The Morgan fingerprint density at radius 3 is 2.52 bits per heavy atom. The third-order valence-corrected chi connectivity index (χ3v) is 5.10. The summed E-state index contributed by atoms with van der Waals surface area (Å²) in [5.41, 5.74) is 1.23. The molecule has 0 aliphatic heterocycles. The Morgan fingerprint density at radius 1 is 1.24 bits per heavy atom. The molecule has 0 amide bonds. The molecule has 8 heteroatoms. The summed E-state index contributed by atoms with van der Waals surface area (Å²) in [4.78, 5) is 23.2. The van der Waals surface area contributed by atoms with E-state index in [9.17, 15) is 9.59 Å². The molecule has 0 bridgehead atoms. The Kier molecular flexibility index (Phi) is 6.79. The predicted molar refractivity (Wildman–Crippen MR) is 105 cm³/mol. The third-order valence-electron chi connectivity index (χ3n) is 3.31. The zero-order chi connectivity index (χ0) is 18.6. The Hall–Kier alpha value is -1.66. The maximum Gasteiger partial charge on any atom is 0.187 e. The number of thiophene rings is 1. The minimum Gasteiger partial charge on any atom is -0.353 e. The molecule has 0 unspecified atom stereocenters. The van der Waals surface area contributed by atoms with Gasteiger partial charge >= 0.3 is 0 Å². The normalized spacial score (nSPS) is 11.7. The third kappa shape index (κ3) is 4.92. The van der Waals surface area contributed by atoms with Crippen molar-refractivity contribution in [2.45, 2.75) is 13.3 Å². The van der Waals surface area contributed by atoms with Crippen molar-refractivity contribution in [2.75, 3.05) is 5.32 Å². The molecule has 1 aromatic heterocycles. The predicted octanol–water partition coefficient (Wildman–Crippen LogP) is 5.73. The molecule has 0 saturated heterocycles. The van der Waals surface area contributed by atoms with Crippen LogP contribution in [0.1, 0.15) is 18.2 Å². The number of ketones is 1. The van der Waals surface area contributed by atoms with Crippen molar-refractivity contribution in [3.8, 4) is 0 Å². The van der Waals surface area contributed by atoms with Crippen molar-refractivity contribution in [2.24, 2.45) is 0 Å². The first-order chi connectivity index (χ1) is 11.8. The van der Waals surface area contributed by atoms with Crippen LogP contribution in [0.5, 0.6) is 0 Å². The molecule has 1 aromatic carbocycles. The van der Waals surface area contributed by atoms with E-state index in [2.05, 4.69) is 5.32 Å². The summed E-state index contributed by atoms with van der Waals surface area (Å²) in [6, 6.07) is 8.46. The Morgan fingerprint density at radius 2 is 1.96 bits per heavy atom. The smallest absolute Gasteiger partial charge is 0.187 e. The highest BCUT2D eigenvalue weighted by atomic mass is 35.5. The van der Waals surface area contributed by atoms with Gasteiger partial charge < -0.3 is 10.1 Å². The minimum atomic E-state index is -0.559. The van der Waals surface area contributed by atoms with Gasteiger partial charge in [-0.3, -0.25) is 10.2 Å². The van der Waals surface area contributed by atoms with Gasteiger partial charge in [0, 0.05) is 10.6 Å². The summed E-state index contributed by atoms with van der Waals surface area (Å²) in [6.45, 7) is 1.63. The fraction of sp³-hybridized carbons (Fsp3) is 0.118. The van der Waals surface area contributed by atoms with Crippen molar-refractivity contribution in [3.05, 3.63) is 55.2 Å². The number of allylic oxidation sites excluding steroid dienone is 1. The maximum absolute atomic E-state index is 11.9. The van der Waals surface area contributed by atoms with Crippen molar-refractivity contribution in [1.29, 1.82) is 5.41 Å². The van der Waals surface area contributed by atoms with Gasteiger partial charge in [-0.15, -0.1) is 11.3 Å². The first-order valence-electron chi connectivity index (χ1n) is 7.08. The van der Waals surface area contributed by atoms with E-state index in [1.54, 1.807) is 37.3 Å². The van der Waals surface area contributed by atoms with E-state index in [-0.39, 0.29) is 12.1 Å². The second-order valence-electron chi connectivity index (χ2n) is 5.02. The molecule has 0 saturated carbocycles. The molecule has 2 N–H and O–H groups in total. The van der Waals surface area contributed by atoms with E-state index in [0.29, 0.717) is 37.6 Å². The number of nitrogens with one attached hydrogen (secondary N) is 2. The molecule has 2 aromatic rings. The molecular formula is C17H13Cl3N2O2S. The van der Waals surface area contributed by atoms with Crippen molar-refractivity contribution in [1.82, 2.24) is 0 Å². The number of hydrogen-bond acceptors (Lipinski definition) is 5. The molecule has 0 aliphatic rings. The van der Waals surface area contributed by atoms with Crippen LogP contribution in [0.4, 0.5) is 5.69 Å². The van der Waals surface area contributed by atoms with E-state index < -0.39 is 5.78 Å². The van der Waals surface area contributed by atoms with Crippen LogP contribution >= 0.6 is 46.1 Å². The molecule has 0 spiro atoms. The monoisotopic (exact) mass is 414 g/mol. The summed E-state index contributed by atoms with van der Waals surface area (Å²) in [5, 5.41) is 12.1. The average molecular weight is 416 g/mol. The van der Waals surface area contributed by atoms with E-state index in [4.69, 9.17) is 40.2 Å². The number of aldehydes is 1. The van der Waals surface area contributed by atoms with Crippen LogP contribution in [0.3, 0.4) is 0 Å². The molecule has 0 aliphatic carbocycles. The quantitative estimate of drug-likeness (QED) is 0.345. The SMILES string of the molecule is C/C(C(=N)C(=O)CC=O)=C(/Nc1ccc(Cl)cc1Cl)c1ccc(Cl)s1. The van der Waals surface area contributed by atoms with Gasteiger partial charge in [0.15, 0.2) is 5.78 Å². The van der Waals surface area contributed by atoms with Crippen LogP contribution in [0.25, 0.3) is 5.70 Å². The zero-order valence-corrected chi connectivity index (χ0v) is 16.1. The lowest BCUT2D eigenvalue weighted by Gasteiger charge is -2.15. The van der Waals surface area contributed by atoms with Crippen LogP contribution in [-0.2, 0) is 9.59 Å². The molecule has 0 atom stereocenters. The molecular weight excluding hydrogens is 403 g/mol. The standard InChI is InChI=1S/C17H13Cl3N2O2S/c1-9(16(21)13(24)6-7-23)17(14-4-5-15(20)25-14)22-12-3-2-10(18)8-11(12)19/h2-5,7-8,21-22H,6H2,1H3/b17-9-,21-16?. The summed E-state index contributed by atoms with van der Waals surface area (Å²) in [7, 11) is 0. The zero-order valence-electron chi connectivity index (χ0n) is 13.0. The summed E-state index contributed by atoms with van der Waals surface area (Å²) in [6.07, 6.45) is 0.145. The summed E-state index contributed by atoms with van der Waals surface area (Å²) < 4.78 is 0.565. The lowest BCUT2D eigenvalue weighted by Crippen LogP contribution is -2.17. The van der Waals surface area contributed by atoms with Crippen molar-refractivity contribution < 1.29 is 9.59 Å². The van der Waals surface area contributed by atoms with Crippen LogP contribution in [0, 0.1) is 5.41 Å². The largest absolute Gasteiger partial charge is 0.353 e. The minimum absolute atomic E-state index is 0.246. The van der Waals surface area contributed by atoms with E-state index in [1.165, 1.54) is 11.3 Å². The molecule has 2 rings (SSSR count). The van der Waals surface area contributed by atoms with Crippen LogP contribution in [0.15, 0.2) is 35.9 Å². The van der Waals surface area contributed by atoms with Gasteiger partial charge in [-0.05, 0) is 37.3 Å². The Balaban J connectivity index is 2.49. The molecule has 1 heterocycles. The highest BCUT2D eigenvalue weighted by molar-refractivity contribution is 7.17. The highest BCUT2D eigenvalue weighted by Crippen LogP contribution is 2.34. The Bertz CT molecular complexity index is 875. The highest BCUT2D eigenvalue weighted by Gasteiger charge is 2.18. The lowest BCUT2D eigenvalue weighted by molar-refractivity contribution is -0.117. The number of rotatable bonds is 7. The maximum atomic E-state index is 11.9. The number of anilines is 1. The number of halogens is 3. The summed E-state index contributed by atoms with van der Waals surface area (Å²) in [5.74, 6) is -0.559. The number of hydrogen-bond donors (Lipinski definition) is 2. The van der Waals surface area contributed by atoms with E-state index in [1.807, 2.05) is 0 Å².